The second kappa shape index (κ2) is 14.9. The first-order chi connectivity index (χ1) is 13.1. The van der Waals surface area contributed by atoms with E-state index in [9.17, 15) is 14.4 Å². The van der Waals surface area contributed by atoms with Crippen molar-refractivity contribution in [3.8, 4) is 0 Å². The molecule has 27 heavy (non-hydrogen) atoms. The van der Waals surface area contributed by atoms with Crippen LogP contribution in [-0.2, 0) is 19.2 Å². The Kier molecular flexibility index (Phi) is 12.7. The molecule has 1 aliphatic rings. The number of hydrogen-bond acceptors (Lipinski definition) is 4. The zero-order valence-electron chi connectivity index (χ0n) is 16.5. The van der Waals surface area contributed by atoms with E-state index < -0.39 is 17.8 Å². The Morgan fingerprint density at radius 2 is 1.41 bits per heavy atom. The molecule has 1 aliphatic heterocycles. The summed E-state index contributed by atoms with van der Waals surface area (Å²) in [5.74, 6) is -1.35. The van der Waals surface area contributed by atoms with Crippen molar-refractivity contribution >= 4 is 17.8 Å². The van der Waals surface area contributed by atoms with Gasteiger partial charge in [0.15, 0.2) is 0 Å². The van der Waals surface area contributed by atoms with Crippen molar-refractivity contribution in [2.24, 2.45) is 0 Å². The van der Waals surface area contributed by atoms with E-state index in [2.05, 4.69) is 43.4 Å². The molecule has 2 amide bonds. The Morgan fingerprint density at radius 1 is 0.852 bits per heavy atom. The predicted molar refractivity (Wildman–Crippen MR) is 106 cm³/mol. The number of hydroxylamine groups is 2. The molecule has 5 heteroatoms. The minimum absolute atomic E-state index is 0.132. The lowest BCUT2D eigenvalue weighted by molar-refractivity contribution is -0.197. The summed E-state index contributed by atoms with van der Waals surface area (Å²) in [6.07, 6.45) is 22.9. The Balaban J connectivity index is 1.92. The smallest absolute Gasteiger partial charge is 0.330 e. The maximum Gasteiger partial charge on any atom is 0.333 e. The average Bonchev–Trinajstić information content (AvgIpc) is 2.97. The SMILES string of the molecule is CC/C=C\C/C=C\C/C=C\CCCCCCCC(=O)ON1C(=O)CCC1=O. The van der Waals surface area contributed by atoms with Gasteiger partial charge in [0.05, 0.1) is 0 Å². The van der Waals surface area contributed by atoms with Gasteiger partial charge in [-0.05, 0) is 38.5 Å². The van der Waals surface area contributed by atoms with Gasteiger partial charge in [-0.2, -0.15) is 0 Å². The number of rotatable bonds is 14. The molecule has 1 saturated heterocycles. The first-order valence-electron chi connectivity index (χ1n) is 10.2. The van der Waals surface area contributed by atoms with Gasteiger partial charge in [-0.1, -0.05) is 62.6 Å². The Labute approximate surface area is 163 Å². The average molecular weight is 376 g/mol. The molecule has 5 nitrogen and oxygen atoms in total. The molecule has 0 spiro atoms. The lowest BCUT2D eigenvalue weighted by Gasteiger charge is -2.12. The molecule has 0 bridgehead atoms. The van der Waals surface area contributed by atoms with E-state index >= 15 is 0 Å². The number of amides is 2. The van der Waals surface area contributed by atoms with E-state index in [1.165, 1.54) is 0 Å². The number of allylic oxidation sites excluding steroid dienone is 6. The molecular weight excluding hydrogens is 342 g/mol. The molecule has 1 rings (SSSR count). The third-order valence-electron chi connectivity index (χ3n) is 4.23. The predicted octanol–water partition coefficient (Wildman–Crippen LogP) is 5.18. The van der Waals surface area contributed by atoms with Gasteiger partial charge in [-0.3, -0.25) is 9.59 Å². The number of carbonyl (C=O) groups is 3. The molecule has 0 aliphatic carbocycles. The van der Waals surface area contributed by atoms with Crippen LogP contribution < -0.4 is 0 Å². The maximum atomic E-state index is 11.6. The van der Waals surface area contributed by atoms with Crippen LogP contribution in [-0.4, -0.2) is 22.8 Å². The van der Waals surface area contributed by atoms with Crippen LogP contribution in [0.25, 0.3) is 0 Å². The van der Waals surface area contributed by atoms with Crippen molar-refractivity contribution in [3.63, 3.8) is 0 Å². The summed E-state index contributed by atoms with van der Waals surface area (Å²) in [6, 6.07) is 0. The van der Waals surface area contributed by atoms with Gasteiger partial charge < -0.3 is 4.84 Å². The fourth-order valence-electron chi connectivity index (χ4n) is 2.69. The van der Waals surface area contributed by atoms with Gasteiger partial charge in [0.25, 0.3) is 11.8 Å². The molecule has 0 unspecified atom stereocenters. The van der Waals surface area contributed by atoms with E-state index in [-0.39, 0.29) is 19.3 Å². The first-order valence-corrected chi connectivity index (χ1v) is 10.2. The Bertz CT molecular complexity index is 533. The summed E-state index contributed by atoms with van der Waals surface area (Å²) in [5, 5.41) is 0.617. The van der Waals surface area contributed by atoms with E-state index in [0.29, 0.717) is 5.06 Å². The van der Waals surface area contributed by atoms with E-state index in [4.69, 9.17) is 4.84 Å². The monoisotopic (exact) mass is 375 g/mol. The second-order valence-corrected chi connectivity index (χ2v) is 6.65. The van der Waals surface area contributed by atoms with Gasteiger partial charge >= 0.3 is 5.97 Å². The van der Waals surface area contributed by atoms with Gasteiger partial charge in [0, 0.05) is 19.3 Å². The summed E-state index contributed by atoms with van der Waals surface area (Å²) in [6.45, 7) is 2.14. The highest BCUT2D eigenvalue weighted by Gasteiger charge is 2.32. The summed E-state index contributed by atoms with van der Waals surface area (Å²) in [5.41, 5.74) is 0. The molecule has 0 N–H and O–H groups in total. The van der Waals surface area contributed by atoms with Crippen molar-refractivity contribution in [1.29, 1.82) is 0 Å². The number of unbranched alkanes of at least 4 members (excludes halogenated alkanes) is 5. The summed E-state index contributed by atoms with van der Waals surface area (Å²) < 4.78 is 0. The van der Waals surface area contributed by atoms with Crippen molar-refractivity contribution in [1.82, 2.24) is 5.06 Å². The number of imide groups is 1. The molecule has 0 saturated carbocycles. The molecule has 1 heterocycles. The molecule has 0 aromatic heterocycles. The maximum absolute atomic E-state index is 11.6. The van der Waals surface area contributed by atoms with Gasteiger partial charge in [0.1, 0.15) is 0 Å². The van der Waals surface area contributed by atoms with Gasteiger partial charge in [0.2, 0.25) is 0 Å². The minimum atomic E-state index is -0.500. The van der Waals surface area contributed by atoms with Crippen LogP contribution in [0.4, 0.5) is 0 Å². The second-order valence-electron chi connectivity index (χ2n) is 6.65. The van der Waals surface area contributed by atoms with Crippen LogP contribution in [0.5, 0.6) is 0 Å². The summed E-state index contributed by atoms with van der Waals surface area (Å²) in [4.78, 5) is 39.2. The van der Waals surface area contributed by atoms with Crippen LogP contribution in [0.3, 0.4) is 0 Å². The third-order valence-corrected chi connectivity index (χ3v) is 4.23. The number of carbonyl (C=O) groups excluding carboxylic acids is 3. The molecule has 0 aromatic carbocycles. The first kappa shape index (κ1) is 22.9. The van der Waals surface area contributed by atoms with Gasteiger partial charge in [-0.25, -0.2) is 4.79 Å². The van der Waals surface area contributed by atoms with Gasteiger partial charge in [-0.15, -0.1) is 5.06 Å². The third kappa shape index (κ3) is 11.2. The fourth-order valence-corrected chi connectivity index (χ4v) is 2.69. The molecule has 0 radical (unpaired) electrons. The topological polar surface area (TPSA) is 63.7 Å². The summed E-state index contributed by atoms with van der Waals surface area (Å²) in [7, 11) is 0. The van der Waals surface area contributed by atoms with Crippen LogP contribution in [0.2, 0.25) is 0 Å². The lowest BCUT2D eigenvalue weighted by atomic mass is 10.1. The molecule has 0 atom stereocenters. The number of hydrogen-bond donors (Lipinski definition) is 0. The fraction of sp³-hybridized carbons (Fsp3) is 0.591. The Hall–Kier alpha value is -2.17. The lowest BCUT2D eigenvalue weighted by Crippen LogP contribution is -2.31. The molecule has 1 fully saturated rings. The molecule has 150 valence electrons. The van der Waals surface area contributed by atoms with Crippen LogP contribution in [0.15, 0.2) is 36.5 Å². The van der Waals surface area contributed by atoms with Crippen LogP contribution in [0.1, 0.15) is 84.0 Å². The quantitative estimate of drug-likeness (QED) is 0.238. The van der Waals surface area contributed by atoms with E-state index in [1.54, 1.807) is 0 Å². The highest BCUT2D eigenvalue weighted by atomic mass is 16.7. The van der Waals surface area contributed by atoms with Crippen molar-refractivity contribution in [3.05, 3.63) is 36.5 Å². The largest absolute Gasteiger partial charge is 0.333 e. The van der Waals surface area contributed by atoms with Crippen molar-refractivity contribution < 1.29 is 19.2 Å². The zero-order valence-corrected chi connectivity index (χ0v) is 16.5. The van der Waals surface area contributed by atoms with Crippen LogP contribution in [0, 0.1) is 0 Å². The van der Waals surface area contributed by atoms with E-state index in [1.807, 2.05) is 0 Å². The molecule has 0 aromatic rings. The highest BCUT2D eigenvalue weighted by Crippen LogP contribution is 2.14. The minimum Gasteiger partial charge on any atom is -0.330 e. The zero-order chi connectivity index (χ0) is 19.7. The number of nitrogens with zero attached hydrogens (tertiary/aromatic N) is 1. The summed E-state index contributed by atoms with van der Waals surface area (Å²) >= 11 is 0. The molecular formula is C22H33NO4. The van der Waals surface area contributed by atoms with Crippen molar-refractivity contribution in [2.45, 2.75) is 84.0 Å². The van der Waals surface area contributed by atoms with Crippen LogP contribution >= 0.6 is 0 Å². The standard InChI is InChI=1S/C22H33NO4/c1-2-3-4-5-6-7-8-9-10-11-12-13-14-15-16-17-22(26)27-23-20(24)18-19-21(23)25/h3-4,6-7,9-10H,2,5,8,11-19H2,1H3/b4-3-,7-6-,10-9-. The Morgan fingerprint density at radius 3 is 2.07 bits per heavy atom. The van der Waals surface area contributed by atoms with Crippen molar-refractivity contribution in [2.75, 3.05) is 0 Å². The normalized spacial score (nSPS) is 15.1. The van der Waals surface area contributed by atoms with E-state index in [0.717, 1.165) is 57.8 Å². The highest BCUT2D eigenvalue weighted by molar-refractivity contribution is 6.01.